The first-order valence-electron chi connectivity index (χ1n) is 4.92. The van der Waals surface area contributed by atoms with Gasteiger partial charge in [0, 0.05) is 18.0 Å². The van der Waals surface area contributed by atoms with E-state index in [0.29, 0.717) is 0 Å². The van der Waals surface area contributed by atoms with Crippen molar-refractivity contribution in [2.75, 3.05) is 17.7 Å². The highest BCUT2D eigenvalue weighted by atomic mass is 32.1. The molecule has 0 radical (unpaired) electrons. The number of anilines is 2. The quantitative estimate of drug-likeness (QED) is 0.847. The number of thiazole rings is 1. The van der Waals surface area contributed by atoms with E-state index in [4.69, 9.17) is 0 Å². The highest BCUT2D eigenvalue weighted by Crippen LogP contribution is 2.14. The zero-order valence-corrected chi connectivity index (χ0v) is 10.0. The summed E-state index contributed by atoms with van der Waals surface area (Å²) in [7, 11) is 1.83. The molecule has 2 heterocycles. The van der Waals surface area contributed by atoms with Gasteiger partial charge in [0.15, 0.2) is 0 Å². The van der Waals surface area contributed by atoms with Crippen molar-refractivity contribution in [3.05, 3.63) is 28.5 Å². The van der Waals surface area contributed by atoms with Crippen LogP contribution in [0.4, 0.5) is 11.6 Å². The summed E-state index contributed by atoms with van der Waals surface area (Å²) in [6.45, 7) is 2.75. The maximum Gasteiger partial charge on any atom is 0.131 e. The van der Waals surface area contributed by atoms with E-state index in [1.165, 1.54) is 11.2 Å². The summed E-state index contributed by atoms with van der Waals surface area (Å²) in [5.41, 5.74) is 2.92. The van der Waals surface area contributed by atoms with Gasteiger partial charge in [-0.15, -0.1) is 11.3 Å². The summed E-state index contributed by atoms with van der Waals surface area (Å²) in [6, 6.07) is 1.87. The van der Waals surface area contributed by atoms with Crippen LogP contribution in [-0.2, 0) is 6.54 Å². The smallest absolute Gasteiger partial charge is 0.131 e. The van der Waals surface area contributed by atoms with Gasteiger partial charge < -0.3 is 10.6 Å². The van der Waals surface area contributed by atoms with Crippen LogP contribution < -0.4 is 10.6 Å². The highest BCUT2D eigenvalue weighted by molar-refractivity contribution is 7.09. The molecule has 2 aromatic heterocycles. The lowest BCUT2D eigenvalue weighted by Gasteiger charge is -2.05. The Hall–Kier alpha value is -1.69. The van der Waals surface area contributed by atoms with Crippen LogP contribution in [0.3, 0.4) is 0 Å². The molecule has 2 rings (SSSR count). The second-order valence-corrected chi connectivity index (χ2v) is 4.19. The number of hydrogen-bond acceptors (Lipinski definition) is 6. The molecule has 0 aliphatic carbocycles. The van der Waals surface area contributed by atoms with Crippen LogP contribution >= 0.6 is 11.3 Å². The summed E-state index contributed by atoms with van der Waals surface area (Å²) in [6.07, 6.45) is 1.54. The fourth-order valence-corrected chi connectivity index (χ4v) is 1.97. The van der Waals surface area contributed by atoms with E-state index in [0.717, 1.165) is 23.9 Å². The fraction of sp³-hybridized carbons (Fsp3) is 0.300. The molecule has 0 saturated carbocycles. The maximum atomic E-state index is 4.20. The van der Waals surface area contributed by atoms with Gasteiger partial charge in [-0.2, -0.15) is 0 Å². The van der Waals surface area contributed by atoms with Gasteiger partial charge in [0.1, 0.15) is 18.0 Å². The Kier molecular flexibility index (Phi) is 3.31. The molecule has 84 valence electrons. The van der Waals surface area contributed by atoms with Crippen molar-refractivity contribution in [2.45, 2.75) is 13.5 Å². The van der Waals surface area contributed by atoms with Gasteiger partial charge in [0.2, 0.25) is 0 Å². The van der Waals surface area contributed by atoms with Gasteiger partial charge >= 0.3 is 0 Å². The van der Waals surface area contributed by atoms with Gasteiger partial charge in [0.05, 0.1) is 17.7 Å². The summed E-state index contributed by atoms with van der Waals surface area (Å²) in [4.78, 5) is 13.6. The Morgan fingerprint density at radius 2 is 2.06 bits per heavy atom. The van der Waals surface area contributed by atoms with Crippen LogP contribution in [-0.4, -0.2) is 22.0 Å². The second-order valence-electron chi connectivity index (χ2n) is 3.25. The van der Waals surface area contributed by atoms with E-state index >= 15 is 0 Å². The molecule has 0 aromatic carbocycles. The number of hydrogen-bond donors (Lipinski definition) is 2. The normalized spacial score (nSPS) is 10.1. The molecule has 0 bridgehead atoms. The van der Waals surface area contributed by atoms with Crippen LogP contribution in [0.25, 0.3) is 0 Å². The van der Waals surface area contributed by atoms with E-state index in [1.54, 1.807) is 11.3 Å². The third-order valence-electron chi connectivity index (χ3n) is 2.20. The largest absolute Gasteiger partial charge is 0.373 e. The lowest BCUT2D eigenvalue weighted by atomic mass is 10.4. The molecule has 0 atom stereocenters. The van der Waals surface area contributed by atoms with E-state index in [-0.39, 0.29) is 0 Å². The summed E-state index contributed by atoms with van der Waals surface area (Å²) < 4.78 is 0. The Balaban J connectivity index is 2.02. The third-order valence-corrected chi connectivity index (χ3v) is 3.13. The Morgan fingerprint density at radius 3 is 2.75 bits per heavy atom. The molecule has 0 saturated heterocycles. The van der Waals surface area contributed by atoms with Crippen molar-refractivity contribution in [3.63, 3.8) is 0 Å². The number of nitrogens with one attached hydrogen (secondary N) is 2. The molecular weight excluding hydrogens is 222 g/mol. The zero-order valence-electron chi connectivity index (χ0n) is 9.19. The minimum Gasteiger partial charge on any atom is -0.373 e. The average molecular weight is 235 g/mol. The molecular formula is C10H13N5S. The maximum absolute atomic E-state index is 4.20. The molecule has 0 aliphatic rings. The highest BCUT2D eigenvalue weighted by Gasteiger charge is 2.02. The molecule has 5 nitrogen and oxygen atoms in total. The van der Waals surface area contributed by atoms with Gasteiger partial charge in [-0.05, 0) is 6.92 Å². The van der Waals surface area contributed by atoms with E-state index in [9.17, 15) is 0 Å². The van der Waals surface area contributed by atoms with Gasteiger partial charge in [-0.25, -0.2) is 15.0 Å². The SMILES string of the molecule is CNc1cc(NCc2scnc2C)ncn1. The Morgan fingerprint density at radius 1 is 1.25 bits per heavy atom. The van der Waals surface area contributed by atoms with Crippen LogP contribution in [0.5, 0.6) is 0 Å². The second kappa shape index (κ2) is 4.89. The minimum atomic E-state index is 0.747. The van der Waals surface area contributed by atoms with Crippen molar-refractivity contribution in [3.8, 4) is 0 Å². The van der Waals surface area contributed by atoms with E-state index < -0.39 is 0 Å². The molecule has 0 spiro atoms. The Bertz CT molecular complexity index is 468. The fourth-order valence-electron chi connectivity index (χ4n) is 1.26. The molecule has 2 N–H and O–H groups in total. The molecule has 0 aliphatic heterocycles. The molecule has 16 heavy (non-hydrogen) atoms. The molecule has 6 heteroatoms. The van der Waals surface area contributed by atoms with Crippen molar-refractivity contribution >= 4 is 23.0 Å². The van der Waals surface area contributed by atoms with Crippen LogP contribution in [0.15, 0.2) is 17.9 Å². The predicted molar refractivity (Wildman–Crippen MR) is 65.8 cm³/mol. The first-order chi connectivity index (χ1) is 7.79. The molecule has 0 fully saturated rings. The van der Waals surface area contributed by atoms with Crippen molar-refractivity contribution in [1.82, 2.24) is 15.0 Å². The number of aryl methyl sites for hydroxylation is 1. The summed E-state index contributed by atoms with van der Waals surface area (Å²) in [5.74, 6) is 1.62. The predicted octanol–water partition coefficient (Wildman–Crippen LogP) is 1.90. The van der Waals surface area contributed by atoms with Crippen molar-refractivity contribution in [2.24, 2.45) is 0 Å². The first-order valence-corrected chi connectivity index (χ1v) is 5.80. The van der Waals surface area contributed by atoms with Crippen molar-refractivity contribution in [1.29, 1.82) is 0 Å². The topological polar surface area (TPSA) is 62.7 Å². The summed E-state index contributed by atoms with van der Waals surface area (Å²) in [5, 5.41) is 6.21. The average Bonchev–Trinajstić information content (AvgIpc) is 2.72. The number of aromatic nitrogens is 3. The molecule has 2 aromatic rings. The number of nitrogens with zero attached hydrogens (tertiary/aromatic N) is 3. The Labute approximate surface area is 98.0 Å². The van der Waals surface area contributed by atoms with Crippen LogP contribution in [0.1, 0.15) is 10.6 Å². The molecule has 0 unspecified atom stereocenters. The lowest BCUT2D eigenvalue weighted by molar-refractivity contribution is 1.07. The summed E-state index contributed by atoms with van der Waals surface area (Å²) >= 11 is 1.65. The monoisotopic (exact) mass is 235 g/mol. The zero-order chi connectivity index (χ0) is 11.4. The first kappa shape index (κ1) is 10.8. The minimum absolute atomic E-state index is 0.747. The van der Waals surface area contributed by atoms with E-state index in [2.05, 4.69) is 25.6 Å². The van der Waals surface area contributed by atoms with Crippen molar-refractivity contribution < 1.29 is 0 Å². The van der Waals surface area contributed by atoms with Gasteiger partial charge in [0.25, 0.3) is 0 Å². The van der Waals surface area contributed by atoms with Crippen LogP contribution in [0.2, 0.25) is 0 Å². The molecule has 0 amide bonds. The lowest BCUT2D eigenvalue weighted by Crippen LogP contribution is -2.02. The number of rotatable bonds is 4. The van der Waals surface area contributed by atoms with Gasteiger partial charge in [-0.1, -0.05) is 0 Å². The van der Waals surface area contributed by atoms with Crippen LogP contribution in [0, 0.1) is 6.92 Å². The standard InChI is InChI=1S/C10H13N5S/c1-7-8(16-6-15-7)4-12-10-3-9(11-2)13-5-14-10/h3,5-6H,4H2,1-2H3,(H2,11,12,13,14). The van der Waals surface area contributed by atoms with Gasteiger partial charge in [-0.3, -0.25) is 0 Å². The van der Waals surface area contributed by atoms with E-state index in [1.807, 2.05) is 25.5 Å². The third kappa shape index (κ3) is 2.46.